The van der Waals surface area contributed by atoms with Crippen molar-refractivity contribution in [3.63, 3.8) is 0 Å². The first-order valence-electron chi connectivity index (χ1n) is 5.63. The molecule has 0 amide bonds. The first-order chi connectivity index (χ1) is 8.07. The van der Waals surface area contributed by atoms with Crippen molar-refractivity contribution in [2.75, 3.05) is 0 Å². The van der Waals surface area contributed by atoms with E-state index in [9.17, 15) is 4.79 Å². The molecule has 1 aromatic carbocycles. The van der Waals surface area contributed by atoms with Gasteiger partial charge in [-0.25, -0.2) is 4.79 Å². The number of hydrogen-bond acceptors (Lipinski definition) is 3. The third kappa shape index (κ3) is 2.82. The van der Waals surface area contributed by atoms with Crippen LogP contribution in [0.15, 0.2) is 32.6 Å². The second kappa shape index (κ2) is 4.97. The van der Waals surface area contributed by atoms with E-state index in [0.29, 0.717) is 5.25 Å². The average molecular weight is 312 g/mol. The van der Waals surface area contributed by atoms with E-state index in [-0.39, 0.29) is 5.54 Å². The number of thioether (sulfide) groups is 1. The molecule has 1 aliphatic carbocycles. The number of nitrogens with zero attached hydrogens (tertiary/aromatic N) is 1. The quantitative estimate of drug-likeness (QED) is 0.472. The molecule has 0 bridgehead atoms. The van der Waals surface area contributed by atoms with E-state index in [0.717, 1.165) is 22.9 Å². The van der Waals surface area contributed by atoms with Crippen LogP contribution in [-0.2, 0) is 10.3 Å². The highest BCUT2D eigenvalue weighted by Crippen LogP contribution is 2.50. The third-order valence-electron chi connectivity index (χ3n) is 2.82. The molecule has 0 N–H and O–H groups in total. The molecule has 1 fully saturated rings. The van der Waals surface area contributed by atoms with Crippen LogP contribution < -0.4 is 0 Å². The Kier molecular flexibility index (Phi) is 3.76. The van der Waals surface area contributed by atoms with Gasteiger partial charge in [0.1, 0.15) is 0 Å². The Morgan fingerprint density at radius 2 is 2.18 bits per heavy atom. The van der Waals surface area contributed by atoms with Crippen molar-refractivity contribution >= 4 is 33.8 Å². The molecule has 4 heteroatoms. The molecule has 0 radical (unpaired) electrons. The Morgan fingerprint density at radius 3 is 2.65 bits per heavy atom. The highest BCUT2D eigenvalue weighted by Gasteiger charge is 2.44. The summed E-state index contributed by atoms with van der Waals surface area (Å²) in [5, 5.41) is 0.556. The first-order valence-corrected chi connectivity index (χ1v) is 7.30. The predicted octanol–water partition coefficient (Wildman–Crippen LogP) is 4.27. The molecule has 0 saturated heterocycles. The van der Waals surface area contributed by atoms with Crippen LogP contribution >= 0.6 is 27.7 Å². The van der Waals surface area contributed by atoms with Crippen LogP contribution in [0.2, 0.25) is 0 Å². The van der Waals surface area contributed by atoms with Crippen molar-refractivity contribution < 1.29 is 4.79 Å². The molecule has 0 atom stereocenters. The number of isocyanates is 1. The molecule has 1 aliphatic rings. The molecular formula is C13H14BrNOS. The SMILES string of the molecule is CC(C)Sc1ccc(C2(N=C=O)CC2)cc1Br. The molecule has 1 saturated carbocycles. The van der Waals surface area contributed by atoms with Crippen LogP contribution in [-0.4, -0.2) is 11.3 Å². The minimum Gasteiger partial charge on any atom is -0.211 e. The fourth-order valence-corrected chi connectivity index (χ4v) is 3.30. The summed E-state index contributed by atoms with van der Waals surface area (Å²) in [6.07, 6.45) is 3.59. The van der Waals surface area contributed by atoms with E-state index in [2.05, 4.69) is 53.0 Å². The summed E-state index contributed by atoms with van der Waals surface area (Å²) >= 11 is 5.41. The largest absolute Gasteiger partial charge is 0.235 e. The van der Waals surface area contributed by atoms with Crippen LogP contribution in [0.3, 0.4) is 0 Å². The zero-order valence-electron chi connectivity index (χ0n) is 9.87. The smallest absolute Gasteiger partial charge is 0.211 e. The molecule has 0 spiro atoms. The van der Waals surface area contributed by atoms with Gasteiger partial charge < -0.3 is 0 Å². The van der Waals surface area contributed by atoms with E-state index in [4.69, 9.17) is 0 Å². The third-order valence-corrected chi connectivity index (χ3v) is 4.82. The van der Waals surface area contributed by atoms with Gasteiger partial charge in [-0.1, -0.05) is 19.9 Å². The number of hydrogen-bond donors (Lipinski definition) is 0. The average Bonchev–Trinajstić information content (AvgIpc) is 3.02. The van der Waals surface area contributed by atoms with Gasteiger partial charge in [-0.3, -0.25) is 0 Å². The van der Waals surface area contributed by atoms with Crippen molar-refractivity contribution in [2.45, 2.75) is 42.4 Å². The maximum atomic E-state index is 10.4. The first kappa shape index (κ1) is 12.9. The maximum absolute atomic E-state index is 10.4. The number of aliphatic imine (C=N–C) groups is 1. The highest BCUT2D eigenvalue weighted by atomic mass is 79.9. The van der Waals surface area contributed by atoms with Gasteiger partial charge in [-0.05, 0) is 46.5 Å². The number of benzene rings is 1. The van der Waals surface area contributed by atoms with Crippen LogP contribution in [0, 0.1) is 0 Å². The Balaban J connectivity index is 2.28. The van der Waals surface area contributed by atoms with Gasteiger partial charge in [0.2, 0.25) is 6.08 Å². The van der Waals surface area contributed by atoms with Gasteiger partial charge in [0.05, 0.1) is 5.54 Å². The van der Waals surface area contributed by atoms with E-state index in [1.807, 2.05) is 11.8 Å². The molecule has 17 heavy (non-hydrogen) atoms. The summed E-state index contributed by atoms with van der Waals surface area (Å²) < 4.78 is 1.08. The van der Waals surface area contributed by atoms with Crippen molar-refractivity contribution in [1.29, 1.82) is 0 Å². The van der Waals surface area contributed by atoms with Crippen LogP contribution in [0.1, 0.15) is 32.3 Å². The van der Waals surface area contributed by atoms with Gasteiger partial charge in [0, 0.05) is 14.6 Å². The summed E-state index contributed by atoms with van der Waals surface area (Å²) in [7, 11) is 0. The lowest BCUT2D eigenvalue weighted by Gasteiger charge is -2.12. The Hall–Kier alpha value is -0.570. The second-order valence-corrected chi connectivity index (χ2v) is 7.02. The minimum atomic E-state index is -0.273. The Morgan fingerprint density at radius 1 is 1.47 bits per heavy atom. The van der Waals surface area contributed by atoms with Crippen molar-refractivity contribution in [2.24, 2.45) is 4.99 Å². The summed E-state index contributed by atoms with van der Waals surface area (Å²) in [5.41, 5.74) is 0.839. The lowest BCUT2D eigenvalue weighted by molar-refractivity contribution is 0.556. The van der Waals surface area contributed by atoms with Gasteiger partial charge in [-0.2, -0.15) is 4.99 Å². The zero-order chi connectivity index (χ0) is 12.5. The molecule has 0 aliphatic heterocycles. The normalized spacial score (nSPS) is 16.7. The topological polar surface area (TPSA) is 29.4 Å². The molecule has 1 aromatic rings. The van der Waals surface area contributed by atoms with E-state index in [1.54, 1.807) is 6.08 Å². The molecule has 0 heterocycles. The minimum absolute atomic E-state index is 0.273. The predicted molar refractivity (Wildman–Crippen MR) is 74.2 cm³/mol. The maximum Gasteiger partial charge on any atom is 0.235 e. The molecule has 0 unspecified atom stereocenters. The summed E-state index contributed by atoms with van der Waals surface area (Å²) in [6.45, 7) is 4.34. The number of halogens is 1. The summed E-state index contributed by atoms with van der Waals surface area (Å²) in [6, 6.07) is 6.26. The molecule has 0 aromatic heterocycles. The van der Waals surface area contributed by atoms with Gasteiger partial charge >= 0.3 is 0 Å². The van der Waals surface area contributed by atoms with Crippen molar-refractivity contribution in [3.8, 4) is 0 Å². The zero-order valence-corrected chi connectivity index (χ0v) is 12.3. The van der Waals surface area contributed by atoms with Crippen molar-refractivity contribution in [3.05, 3.63) is 28.2 Å². The monoisotopic (exact) mass is 311 g/mol. The second-order valence-electron chi connectivity index (χ2n) is 4.55. The van der Waals surface area contributed by atoms with Gasteiger partial charge in [0.15, 0.2) is 0 Å². The van der Waals surface area contributed by atoms with Gasteiger partial charge in [-0.15, -0.1) is 11.8 Å². The molecule has 2 nitrogen and oxygen atoms in total. The van der Waals surface area contributed by atoms with E-state index >= 15 is 0 Å². The Bertz CT molecular complexity index is 476. The lowest BCUT2D eigenvalue weighted by Crippen LogP contribution is -2.02. The number of carbonyl (C=O) groups excluding carboxylic acids is 1. The highest BCUT2D eigenvalue weighted by molar-refractivity contribution is 9.10. The Labute approximate surface area is 114 Å². The van der Waals surface area contributed by atoms with Crippen LogP contribution in [0.5, 0.6) is 0 Å². The summed E-state index contributed by atoms with van der Waals surface area (Å²) in [5.74, 6) is 0. The fourth-order valence-electron chi connectivity index (χ4n) is 1.81. The lowest BCUT2D eigenvalue weighted by atomic mass is 10.1. The summed E-state index contributed by atoms with van der Waals surface area (Å²) in [4.78, 5) is 15.6. The number of rotatable bonds is 4. The molecule has 2 rings (SSSR count). The van der Waals surface area contributed by atoms with Crippen molar-refractivity contribution in [1.82, 2.24) is 0 Å². The van der Waals surface area contributed by atoms with E-state index in [1.165, 1.54) is 4.90 Å². The van der Waals surface area contributed by atoms with Crippen LogP contribution in [0.25, 0.3) is 0 Å². The fraction of sp³-hybridized carbons (Fsp3) is 0.462. The molecule has 90 valence electrons. The van der Waals surface area contributed by atoms with Gasteiger partial charge in [0.25, 0.3) is 0 Å². The molecular weight excluding hydrogens is 298 g/mol. The van der Waals surface area contributed by atoms with E-state index < -0.39 is 0 Å². The van der Waals surface area contributed by atoms with Crippen LogP contribution in [0.4, 0.5) is 0 Å². The standard InChI is InChI=1S/C13H14BrNOS/c1-9(2)17-12-4-3-10(7-11(12)14)13(5-6-13)15-8-16/h3-4,7,9H,5-6H2,1-2H3.